The number of oxime groups is 1. The van der Waals surface area contributed by atoms with Crippen LogP contribution in [0.4, 0.5) is 0 Å². The van der Waals surface area contributed by atoms with Gasteiger partial charge in [0.15, 0.2) is 6.61 Å². The summed E-state index contributed by atoms with van der Waals surface area (Å²) in [4.78, 5) is 18.9. The molecular formula is C16H23N3O2. The van der Waals surface area contributed by atoms with Gasteiger partial charge in [0.05, 0.1) is 0 Å². The third kappa shape index (κ3) is 5.45. The molecule has 1 aliphatic heterocycles. The Labute approximate surface area is 125 Å². The van der Waals surface area contributed by atoms with Gasteiger partial charge in [-0.15, -0.1) is 0 Å². The second-order valence-corrected chi connectivity index (χ2v) is 5.31. The third-order valence-corrected chi connectivity index (χ3v) is 3.56. The van der Waals surface area contributed by atoms with Gasteiger partial charge in [-0.1, -0.05) is 48.3 Å². The summed E-state index contributed by atoms with van der Waals surface area (Å²) in [7, 11) is 0. The molecule has 0 radical (unpaired) electrons. The van der Waals surface area contributed by atoms with E-state index in [2.05, 4.69) is 5.16 Å². The van der Waals surface area contributed by atoms with E-state index in [9.17, 15) is 4.79 Å². The number of nitrogens with zero attached hydrogens (tertiary/aromatic N) is 2. The van der Waals surface area contributed by atoms with Crippen molar-refractivity contribution < 1.29 is 9.63 Å². The summed E-state index contributed by atoms with van der Waals surface area (Å²) >= 11 is 0. The zero-order valence-electron chi connectivity index (χ0n) is 12.3. The van der Waals surface area contributed by atoms with Gasteiger partial charge in [-0.25, -0.2) is 0 Å². The Bertz CT molecular complexity index is 466. The van der Waals surface area contributed by atoms with Crippen LogP contribution in [0.15, 0.2) is 35.5 Å². The molecule has 114 valence electrons. The normalized spacial score (nSPS) is 16.4. The van der Waals surface area contributed by atoms with Crippen molar-refractivity contribution >= 4 is 11.7 Å². The molecule has 2 rings (SSSR count). The van der Waals surface area contributed by atoms with E-state index in [-0.39, 0.29) is 12.5 Å². The summed E-state index contributed by atoms with van der Waals surface area (Å²) in [6.45, 7) is 1.62. The number of amides is 1. The molecule has 0 aromatic heterocycles. The van der Waals surface area contributed by atoms with Crippen LogP contribution in [0.3, 0.4) is 0 Å². The first kappa shape index (κ1) is 15.4. The van der Waals surface area contributed by atoms with Gasteiger partial charge in [-0.3, -0.25) is 4.79 Å². The Kier molecular flexibility index (Phi) is 6.06. The molecule has 1 aromatic carbocycles. The summed E-state index contributed by atoms with van der Waals surface area (Å²) in [6.07, 6.45) is 5.08. The van der Waals surface area contributed by atoms with Crippen molar-refractivity contribution in [3.05, 3.63) is 35.9 Å². The number of hydrogen-bond acceptors (Lipinski definition) is 3. The molecule has 1 aliphatic rings. The minimum absolute atomic E-state index is 0.00633. The fraction of sp³-hybridized carbons (Fsp3) is 0.500. The molecule has 1 aromatic rings. The quantitative estimate of drug-likeness (QED) is 0.511. The van der Waals surface area contributed by atoms with Crippen LogP contribution in [0.25, 0.3) is 0 Å². The first-order valence-electron chi connectivity index (χ1n) is 7.52. The Balaban J connectivity index is 1.74. The van der Waals surface area contributed by atoms with Crippen LogP contribution >= 0.6 is 0 Å². The molecule has 2 N–H and O–H groups in total. The fourth-order valence-electron chi connectivity index (χ4n) is 2.42. The molecule has 0 atom stereocenters. The summed E-state index contributed by atoms with van der Waals surface area (Å²) < 4.78 is 0. The minimum Gasteiger partial charge on any atom is -0.384 e. The van der Waals surface area contributed by atoms with Crippen molar-refractivity contribution in [2.45, 2.75) is 32.1 Å². The predicted molar refractivity (Wildman–Crippen MR) is 82.8 cm³/mol. The smallest absolute Gasteiger partial charge is 0.263 e. The van der Waals surface area contributed by atoms with Gasteiger partial charge in [0.1, 0.15) is 5.84 Å². The third-order valence-electron chi connectivity index (χ3n) is 3.56. The average Bonchev–Trinajstić information content (AvgIpc) is 2.77. The average molecular weight is 289 g/mol. The van der Waals surface area contributed by atoms with E-state index in [0.717, 1.165) is 31.5 Å². The van der Waals surface area contributed by atoms with Crippen LogP contribution in [-0.2, 0) is 16.1 Å². The highest BCUT2D eigenvalue weighted by Crippen LogP contribution is 2.09. The predicted octanol–water partition coefficient (Wildman–Crippen LogP) is 1.92. The number of carbonyl (C=O) groups is 1. The first-order valence-corrected chi connectivity index (χ1v) is 7.52. The van der Waals surface area contributed by atoms with E-state index in [0.29, 0.717) is 12.3 Å². The molecule has 1 fully saturated rings. The molecular weight excluding hydrogens is 266 g/mol. The van der Waals surface area contributed by atoms with E-state index in [1.165, 1.54) is 12.8 Å². The summed E-state index contributed by atoms with van der Waals surface area (Å²) in [5.41, 5.74) is 6.87. The van der Waals surface area contributed by atoms with Gasteiger partial charge in [0.25, 0.3) is 5.91 Å². The lowest BCUT2D eigenvalue weighted by Gasteiger charge is -2.19. The van der Waals surface area contributed by atoms with Crippen LogP contribution < -0.4 is 5.73 Å². The Morgan fingerprint density at radius 2 is 1.81 bits per heavy atom. The van der Waals surface area contributed by atoms with Gasteiger partial charge in [0, 0.05) is 19.5 Å². The molecule has 0 bridgehead atoms. The molecule has 0 unspecified atom stereocenters. The second kappa shape index (κ2) is 8.29. The van der Waals surface area contributed by atoms with Crippen LogP contribution in [0, 0.1) is 0 Å². The largest absolute Gasteiger partial charge is 0.384 e. The number of likely N-dealkylation sites (tertiary alicyclic amines) is 1. The summed E-state index contributed by atoms with van der Waals surface area (Å²) in [6, 6.07) is 9.81. The highest BCUT2D eigenvalue weighted by Gasteiger charge is 2.15. The van der Waals surface area contributed by atoms with Crippen LogP contribution in [0.1, 0.15) is 31.2 Å². The highest BCUT2D eigenvalue weighted by atomic mass is 16.6. The second-order valence-electron chi connectivity index (χ2n) is 5.31. The van der Waals surface area contributed by atoms with Crippen LogP contribution in [-0.4, -0.2) is 36.3 Å². The van der Waals surface area contributed by atoms with E-state index in [4.69, 9.17) is 10.6 Å². The summed E-state index contributed by atoms with van der Waals surface area (Å²) in [5.74, 6) is 0.373. The molecule has 1 saturated heterocycles. The topological polar surface area (TPSA) is 67.9 Å². The number of amidine groups is 1. The lowest BCUT2D eigenvalue weighted by molar-refractivity contribution is -0.136. The maximum absolute atomic E-state index is 12.0. The van der Waals surface area contributed by atoms with Crippen molar-refractivity contribution in [3.8, 4) is 0 Å². The maximum Gasteiger partial charge on any atom is 0.263 e. The Morgan fingerprint density at radius 3 is 2.48 bits per heavy atom. The standard InChI is InChI=1S/C16H23N3O2/c17-15(12-14-8-4-3-5-9-14)18-21-13-16(20)19-10-6-1-2-7-11-19/h3-5,8-9H,1-2,6-7,10-13H2,(H2,17,18). The zero-order chi connectivity index (χ0) is 14.9. The molecule has 5 heteroatoms. The maximum atomic E-state index is 12.0. The van der Waals surface area contributed by atoms with Crippen molar-refractivity contribution in [2.75, 3.05) is 19.7 Å². The minimum atomic E-state index is -0.0323. The number of nitrogens with two attached hydrogens (primary N) is 1. The fourth-order valence-corrected chi connectivity index (χ4v) is 2.42. The van der Waals surface area contributed by atoms with E-state index < -0.39 is 0 Å². The molecule has 0 spiro atoms. The first-order chi connectivity index (χ1) is 10.3. The van der Waals surface area contributed by atoms with E-state index >= 15 is 0 Å². The van der Waals surface area contributed by atoms with Gasteiger partial charge in [0.2, 0.25) is 0 Å². The molecule has 1 heterocycles. The van der Waals surface area contributed by atoms with E-state index in [1.807, 2.05) is 35.2 Å². The van der Waals surface area contributed by atoms with Crippen LogP contribution in [0.2, 0.25) is 0 Å². The lowest BCUT2D eigenvalue weighted by atomic mass is 10.1. The molecule has 0 aliphatic carbocycles. The van der Waals surface area contributed by atoms with Crippen molar-refractivity contribution in [1.29, 1.82) is 0 Å². The van der Waals surface area contributed by atoms with E-state index in [1.54, 1.807) is 0 Å². The number of rotatable bonds is 5. The summed E-state index contributed by atoms with van der Waals surface area (Å²) in [5, 5.41) is 3.82. The lowest BCUT2D eigenvalue weighted by Crippen LogP contribution is -2.34. The number of carbonyl (C=O) groups excluding carboxylic acids is 1. The molecule has 21 heavy (non-hydrogen) atoms. The van der Waals surface area contributed by atoms with Gasteiger partial charge in [-0.05, 0) is 18.4 Å². The zero-order valence-corrected chi connectivity index (χ0v) is 12.3. The number of hydrogen-bond donors (Lipinski definition) is 1. The molecule has 5 nitrogen and oxygen atoms in total. The molecule has 1 amide bonds. The Hall–Kier alpha value is -2.04. The van der Waals surface area contributed by atoms with Gasteiger partial charge < -0.3 is 15.5 Å². The Morgan fingerprint density at radius 1 is 1.14 bits per heavy atom. The van der Waals surface area contributed by atoms with Crippen LogP contribution in [0.5, 0.6) is 0 Å². The SMILES string of the molecule is N/C(Cc1ccccc1)=N\OCC(=O)N1CCCCCC1. The van der Waals surface area contributed by atoms with Gasteiger partial charge >= 0.3 is 0 Å². The highest BCUT2D eigenvalue weighted by molar-refractivity contribution is 5.82. The number of benzene rings is 1. The van der Waals surface area contributed by atoms with Crippen molar-refractivity contribution in [1.82, 2.24) is 4.90 Å². The molecule has 0 saturated carbocycles. The monoisotopic (exact) mass is 289 g/mol. The van der Waals surface area contributed by atoms with Gasteiger partial charge in [-0.2, -0.15) is 0 Å². The van der Waals surface area contributed by atoms with Crippen molar-refractivity contribution in [3.63, 3.8) is 0 Å². The van der Waals surface area contributed by atoms with Crippen molar-refractivity contribution in [2.24, 2.45) is 10.9 Å².